The molecule has 196 valence electrons. The fourth-order valence-corrected chi connectivity index (χ4v) is 5.40. The number of likely N-dealkylation sites (N-methyl/N-ethyl adjacent to an activating group) is 1. The molecule has 1 saturated carbocycles. The summed E-state index contributed by atoms with van der Waals surface area (Å²) in [5.41, 5.74) is 2.38. The lowest BCUT2D eigenvalue weighted by molar-refractivity contribution is -0.123. The SMILES string of the molecule is CN(CCOc1ccccc1)Cc1ccc2n(c1=O)C[C@H]1C[C@@H]2CN(C2CCC2)C1.O=CO.O=CO. The second kappa shape index (κ2) is 13.8. The highest BCUT2D eigenvalue weighted by Gasteiger charge is 2.38. The fraction of sp³-hybridized carbons (Fsp3) is 0.519. The van der Waals surface area contributed by atoms with E-state index < -0.39 is 0 Å². The molecule has 9 heteroatoms. The first-order chi connectivity index (χ1) is 17.5. The van der Waals surface area contributed by atoms with Crippen LogP contribution in [0.3, 0.4) is 0 Å². The number of ether oxygens (including phenoxy) is 1. The summed E-state index contributed by atoms with van der Waals surface area (Å²) in [5, 5.41) is 13.8. The Morgan fingerprint density at radius 1 is 1.03 bits per heavy atom. The highest BCUT2D eigenvalue weighted by Crippen LogP contribution is 2.38. The molecule has 0 radical (unpaired) electrons. The van der Waals surface area contributed by atoms with Crippen molar-refractivity contribution in [1.29, 1.82) is 0 Å². The van der Waals surface area contributed by atoms with Gasteiger partial charge in [-0.05, 0) is 50.4 Å². The van der Waals surface area contributed by atoms with Gasteiger partial charge in [0, 0.05) is 55.9 Å². The molecule has 0 spiro atoms. The number of hydrogen-bond donors (Lipinski definition) is 2. The van der Waals surface area contributed by atoms with Crippen molar-refractivity contribution in [1.82, 2.24) is 14.4 Å². The maximum absolute atomic E-state index is 13.2. The van der Waals surface area contributed by atoms with Crippen LogP contribution in [0.1, 0.15) is 42.9 Å². The van der Waals surface area contributed by atoms with Crippen molar-refractivity contribution in [3.05, 3.63) is 64.1 Å². The lowest BCUT2D eigenvalue weighted by Gasteiger charge is -2.48. The van der Waals surface area contributed by atoms with Crippen LogP contribution < -0.4 is 10.3 Å². The second-order valence-corrected chi connectivity index (χ2v) is 9.65. The highest BCUT2D eigenvalue weighted by molar-refractivity contribution is 5.33. The van der Waals surface area contributed by atoms with Gasteiger partial charge in [0.1, 0.15) is 12.4 Å². The smallest absolute Gasteiger partial charge is 0.290 e. The number of hydrogen-bond acceptors (Lipinski definition) is 6. The first-order valence-corrected chi connectivity index (χ1v) is 12.5. The number of carbonyl (C=O) groups is 2. The van der Waals surface area contributed by atoms with Crippen LogP contribution >= 0.6 is 0 Å². The van der Waals surface area contributed by atoms with Gasteiger partial charge in [0.2, 0.25) is 0 Å². The van der Waals surface area contributed by atoms with Crippen molar-refractivity contribution in [2.45, 2.75) is 50.7 Å². The minimum Gasteiger partial charge on any atom is -0.492 e. The van der Waals surface area contributed by atoms with E-state index in [0.29, 0.717) is 25.0 Å². The first kappa shape index (κ1) is 27.4. The number of aromatic nitrogens is 1. The standard InChI is InChI=1S/C25H33N3O2.2CH2O2/c1-26(12-13-30-23-8-3-2-4-9-23)17-20-10-11-24-21-14-19(16-28(24)25(20)29)15-27(18-21)22-6-5-7-22;2*2-1-3/h2-4,8-11,19,21-22H,5-7,12-18H2,1H3;2*1H,(H,2,3)/t19-,21+;;/m0../s1. The summed E-state index contributed by atoms with van der Waals surface area (Å²) in [7, 11) is 2.06. The number of benzene rings is 1. The summed E-state index contributed by atoms with van der Waals surface area (Å²) in [4.78, 5) is 34.9. The van der Waals surface area contributed by atoms with E-state index in [1.807, 2.05) is 30.3 Å². The van der Waals surface area contributed by atoms with Crippen LogP contribution in [0.15, 0.2) is 47.3 Å². The third kappa shape index (κ3) is 7.18. The number of carboxylic acid groups (broad SMARTS) is 2. The minimum absolute atomic E-state index is 0.218. The Hall–Kier alpha value is -3.17. The maximum atomic E-state index is 13.2. The number of piperidine rings is 1. The van der Waals surface area contributed by atoms with Crippen molar-refractivity contribution in [3.63, 3.8) is 0 Å². The van der Waals surface area contributed by atoms with Gasteiger partial charge in [-0.3, -0.25) is 24.2 Å². The normalized spacial score (nSPS) is 20.5. The predicted octanol–water partition coefficient (Wildman–Crippen LogP) is 2.73. The van der Waals surface area contributed by atoms with Gasteiger partial charge in [-0.1, -0.05) is 30.7 Å². The topological polar surface area (TPSA) is 112 Å². The lowest BCUT2D eigenvalue weighted by atomic mass is 9.80. The average Bonchev–Trinajstić information content (AvgIpc) is 2.82. The molecule has 2 fully saturated rings. The number of para-hydroxylation sites is 1. The summed E-state index contributed by atoms with van der Waals surface area (Å²) in [5.74, 6) is 2.04. The second-order valence-electron chi connectivity index (χ2n) is 9.65. The molecular weight excluding hydrogens is 462 g/mol. The molecule has 3 heterocycles. The number of pyridine rings is 1. The minimum atomic E-state index is -0.250. The molecular formula is C27H37N3O6. The lowest BCUT2D eigenvalue weighted by Crippen LogP contribution is -2.52. The monoisotopic (exact) mass is 499 g/mol. The Bertz CT molecular complexity index is 1020. The zero-order valence-electron chi connectivity index (χ0n) is 20.9. The molecule has 0 amide bonds. The molecule has 2 aliphatic heterocycles. The van der Waals surface area contributed by atoms with E-state index in [2.05, 4.69) is 33.5 Å². The molecule has 2 atom stereocenters. The van der Waals surface area contributed by atoms with Crippen LogP contribution in [0.2, 0.25) is 0 Å². The van der Waals surface area contributed by atoms with E-state index in [-0.39, 0.29) is 18.5 Å². The molecule has 1 aromatic carbocycles. The summed E-state index contributed by atoms with van der Waals surface area (Å²) >= 11 is 0. The van der Waals surface area contributed by atoms with Crippen molar-refractivity contribution in [2.24, 2.45) is 5.92 Å². The van der Waals surface area contributed by atoms with Gasteiger partial charge in [-0.15, -0.1) is 0 Å². The van der Waals surface area contributed by atoms with E-state index in [0.717, 1.165) is 37.0 Å². The number of fused-ring (bicyclic) bond motifs is 4. The Labute approximate surface area is 211 Å². The number of likely N-dealkylation sites (tertiary alicyclic amines) is 1. The highest BCUT2D eigenvalue weighted by atomic mass is 16.5. The number of nitrogens with zero attached hydrogens (tertiary/aromatic N) is 3. The molecule has 36 heavy (non-hydrogen) atoms. The molecule has 9 nitrogen and oxygen atoms in total. The van der Waals surface area contributed by atoms with Gasteiger partial charge in [-0.25, -0.2) is 0 Å². The van der Waals surface area contributed by atoms with E-state index in [1.54, 1.807) is 0 Å². The van der Waals surface area contributed by atoms with E-state index in [4.69, 9.17) is 24.5 Å². The van der Waals surface area contributed by atoms with Gasteiger partial charge in [0.15, 0.2) is 0 Å². The van der Waals surface area contributed by atoms with Gasteiger partial charge in [0.05, 0.1) is 0 Å². The van der Waals surface area contributed by atoms with Crippen molar-refractivity contribution >= 4 is 12.9 Å². The summed E-state index contributed by atoms with van der Waals surface area (Å²) in [6, 6.07) is 15.0. The zero-order chi connectivity index (χ0) is 25.9. The molecule has 2 N–H and O–H groups in total. The van der Waals surface area contributed by atoms with E-state index in [9.17, 15) is 4.79 Å². The third-order valence-corrected chi connectivity index (χ3v) is 7.23. The van der Waals surface area contributed by atoms with Gasteiger partial charge in [-0.2, -0.15) is 0 Å². The molecule has 2 bridgehead atoms. The van der Waals surface area contributed by atoms with Crippen LogP contribution in [0.5, 0.6) is 5.75 Å². The maximum Gasteiger partial charge on any atom is 0.290 e. The molecule has 5 rings (SSSR count). The van der Waals surface area contributed by atoms with Crippen molar-refractivity contribution in [3.8, 4) is 5.75 Å². The van der Waals surface area contributed by atoms with Crippen molar-refractivity contribution < 1.29 is 24.5 Å². The van der Waals surface area contributed by atoms with Crippen molar-refractivity contribution in [2.75, 3.05) is 33.3 Å². The molecule has 1 saturated heterocycles. The molecule has 3 aliphatic rings. The summed E-state index contributed by atoms with van der Waals surface area (Å²) in [6.07, 6.45) is 5.37. The van der Waals surface area contributed by atoms with Crippen LogP contribution in [0.4, 0.5) is 0 Å². The Kier molecular flexibility index (Phi) is 10.5. The van der Waals surface area contributed by atoms with Crippen LogP contribution in [0.25, 0.3) is 0 Å². The Morgan fingerprint density at radius 3 is 2.36 bits per heavy atom. The molecule has 2 aromatic rings. The molecule has 0 unspecified atom stereocenters. The zero-order valence-corrected chi connectivity index (χ0v) is 20.9. The average molecular weight is 500 g/mol. The van der Waals surface area contributed by atoms with Crippen LogP contribution in [0, 0.1) is 5.92 Å². The van der Waals surface area contributed by atoms with Gasteiger partial charge >= 0.3 is 0 Å². The summed E-state index contributed by atoms with van der Waals surface area (Å²) < 4.78 is 7.90. The fourth-order valence-electron chi connectivity index (χ4n) is 5.40. The Morgan fingerprint density at radius 2 is 1.72 bits per heavy atom. The Balaban J connectivity index is 0.000000550. The predicted molar refractivity (Wildman–Crippen MR) is 136 cm³/mol. The first-order valence-electron chi connectivity index (χ1n) is 12.5. The largest absolute Gasteiger partial charge is 0.492 e. The molecule has 1 aliphatic carbocycles. The number of rotatable bonds is 7. The molecule has 1 aromatic heterocycles. The van der Waals surface area contributed by atoms with Gasteiger partial charge in [0.25, 0.3) is 18.5 Å². The quantitative estimate of drug-likeness (QED) is 0.560. The van der Waals surface area contributed by atoms with E-state index >= 15 is 0 Å². The van der Waals surface area contributed by atoms with Gasteiger partial charge < -0.3 is 19.5 Å². The third-order valence-electron chi connectivity index (χ3n) is 7.23. The van der Waals surface area contributed by atoms with Crippen LogP contribution in [-0.4, -0.2) is 76.9 Å². The van der Waals surface area contributed by atoms with E-state index in [1.165, 1.54) is 37.9 Å². The van der Waals surface area contributed by atoms with Crippen LogP contribution in [-0.2, 0) is 22.7 Å². The summed E-state index contributed by atoms with van der Waals surface area (Å²) in [6.45, 7) is 4.78.